The zero-order valence-electron chi connectivity index (χ0n) is 17.1. The number of ether oxygens (including phenoxy) is 1. The van der Waals surface area contributed by atoms with Crippen LogP contribution < -0.4 is 15.1 Å². The Labute approximate surface area is 188 Å². The molecule has 2 fully saturated rings. The van der Waals surface area contributed by atoms with Crippen molar-refractivity contribution in [3.8, 4) is 0 Å². The maximum atomic E-state index is 12.9. The summed E-state index contributed by atoms with van der Waals surface area (Å²) in [6, 6.07) is 9.80. The smallest absolute Gasteiger partial charge is 0.298 e. The van der Waals surface area contributed by atoms with Gasteiger partial charge in [0.15, 0.2) is 5.58 Å². The largest absolute Gasteiger partial charge is 0.423 e. The second-order valence-corrected chi connectivity index (χ2v) is 8.59. The third kappa shape index (κ3) is 4.38. The molecule has 1 N–H and O–H groups in total. The molecule has 0 unspecified atom stereocenters. The monoisotopic (exact) mass is 485 g/mol. The van der Waals surface area contributed by atoms with E-state index in [1.54, 1.807) is 18.2 Å². The van der Waals surface area contributed by atoms with Crippen molar-refractivity contribution in [3.63, 3.8) is 0 Å². The van der Waals surface area contributed by atoms with Crippen LogP contribution in [0, 0.1) is 0 Å². The number of morpholine rings is 1. The topological polar surface area (TPSA) is 83.7 Å². The normalized spacial score (nSPS) is 17.2. The fourth-order valence-electron chi connectivity index (χ4n) is 4.06. The minimum absolute atomic E-state index is 0.258. The van der Waals surface area contributed by atoms with Crippen molar-refractivity contribution >= 4 is 50.3 Å². The Kier molecular flexibility index (Phi) is 5.78. The Morgan fingerprint density at radius 1 is 1.00 bits per heavy atom. The number of anilines is 3. The van der Waals surface area contributed by atoms with Crippen LogP contribution >= 0.6 is 15.9 Å². The lowest BCUT2D eigenvalue weighted by molar-refractivity contribution is 0.102. The van der Waals surface area contributed by atoms with Crippen molar-refractivity contribution in [1.82, 2.24) is 9.97 Å². The molecule has 2 aliphatic heterocycles. The van der Waals surface area contributed by atoms with E-state index in [1.165, 1.54) is 6.42 Å². The third-order valence-electron chi connectivity index (χ3n) is 5.67. The van der Waals surface area contributed by atoms with E-state index in [4.69, 9.17) is 14.1 Å². The lowest BCUT2D eigenvalue weighted by Gasteiger charge is -2.30. The van der Waals surface area contributed by atoms with E-state index < -0.39 is 0 Å². The molecule has 5 rings (SSSR count). The molecular formula is C22H24BrN5O3. The first-order chi connectivity index (χ1) is 15.2. The van der Waals surface area contributed by atoms with Crippen LogP contribution in [0.15, 0.2) is 39.4 Å². The van der Waals surface area contributed by atoms with Crippen LogP contribution in [0.25, 0.3) is 11.1 Å². The number of aromatic nitrogens is 2. The second-order valence-electron chi connectivity index (χ2n) is 7.78. The molecule has 0 atom stereocenters. The first-order valence-electron chi connectivity index (χ1n) is 10.6. The van der Waals surface area contributed by atoms with Crippen LogP contribution in [0.2, 0.25) is 0 Å². The minimum Gasteiger partial charge on any atom is -0.423 e. The molecule has 3 aromatic rings. The number of oxazole rings is 1. The summed E-state index contributed by atoms with van der Waals surface area (Å²) in [6.45, 7) is 4.75. The Morgan fingerprint density at radius 2 is 1.81 bits per heavy atom. The number of benzene rings is 1. The van der Waals surface area contributed by atoms with Crippen molar-refractivity contribution in [1.29, 1.82) is 0 Å². The summed E-state index contributed by atoms with van der Waals surface area (Å²) in [5.74, 6) is -0.258. The summed E-state index contributed by atoms with van der Waals surface area (Å²) in [5, 5.41) is 3.05. The molecule has 2 saturated heterocycles. The first kappa shape index (κ1) is 20.3. The van der Waals surface area contributed by atoms with Crippen LogP contribution in [0.5, 0.6) is 0 Å². The highest BCUT2D eigenvalue weighted by molar-refractivity contribution is 9.10. The summed E-state index contributed by atoms with van der Waals surface area (Å²) >= 11 is 3.33. The minimum atomic E-state index is -0.258. The van der Waals surface area contributed by atoms with Gasteiger partial charge < -0.3 is 24.3 Å². The maximum absolute atomic E-state index is 12.9. The van der Waals surface area contributed by atoms with E-state index in [2.05, 4.69) is 36.0 Å². The van der Waals surface area contributed by atoms with E-state index in [0.29, 0.717) is 40.8 Å². The van der Waals surface area contributed by atoms with Crippen LogP contribution in [0.3, 0.4) is 0 Å². The zero-order valence-corrected chi connectivity index (χ0v) is 18.7. The van der Waals surface area contributed by atoms with E-state index in [1.807, 2.05) is 12.1 Å². The Hall–Kier alpha value is -2.65. The van der Waals surface area contributed by atoms with Gasteiger partial charge >= 0.3 is 0 Å². The van der Waals surface area contributed by atoms with Gasteiger partial charge in [-0.3, -0.25) is 4.79 Å². The third-order valence-corrected chi connectivity index (χ3v) is 6.11. The van der Waals surface area contributed by atoms with Crippen LogP contribution in [0.1, 0.15) is 29.8 Å². The predicted octanol–water partition coefficient (Wildman–Crippen LogP) is 4.06. The second kappa shape index (κ2) is 8.84. The van der Waals surface area contributed by atoms with E-state index in [-0.39, 0.29) is 5.91 Å². The van der Waals surface area contributed by atoms with E-state index in [9.17, 15) is 4.79 Å². The molecule has 8 nitrogen and oxygen atoms in total. The molecule has 0 radical (unpaired) electrons. The number of amides is 1. The molecule has 0 aliphatic carbocycles. The number of fused-ring (bicyclic) bond motifs is 1. The lowest BCUT2D eigenvalue weighted by atomic mass is 10.1. The molecular weight excluding hydrogens is 462 g/mol. The molecule has 0 spiro atoms. The molecule has 1 aromatic carbocycles. The quantitative estimate of drug-likeness (QED) is 0.557. The van der Waals surface area contributed by atoms with Gasteiger partial charge in [-0.1, -0.05) is 6.07 Å². The summed E-state index contributed by atoms with van der Waals surface area (Å²) in [4.78, 5) is 26.3. The predicted molar refractivity (Wildman–Crippen MR) is 123 cm³/mol. The summed E-state index contributed by atoms with van der Waals surface area (Å²) in [6.07, 6.45) is 3.50. The number of carbonyl (C=O) groups excluding carboxylic acids is 1. The molecule has 162 valence electrons. The van der Waals surface area contributed by atoms with E-state index in [0.717, 1.165) is 50.2 Å². The van der Waals surface area contributed by atoms with Crippen molar-refractivity contribution in [2.45, 2.75) is 19.3 Å². The molecule has 31 heavy (non-hydrogen) atoms. The summed E-state index contributed by atoms with van der Waals surface area (Å²) in [5.41, 5.74) is 3.48. The number of carbonyl (C=O) groups is 1. The Balaban J connectivity index is 1.51. The van der Waals surface area contributed by atoms with Crippen molar-refractivity contribution in [2.24, 2.45) is 0 Å². The zero-order chi connectivity index (χ0) is 21.2. The van der Waals surface area contributed by atoms with Crippen LogP contribution in [0.4, 0.5) is 17.4 Å². The molecule has 4 heterocycles. The number of piperidine rings is 1. The van der Waals surface area contributed by atoms with Crippen LogP contribution in [-0.4, -0.2) is 55.3 Å². The van der Waals surface area contributed by atoms with Gasteiger partial charge in [-0.15, -0.1) is 0 Å². The number of halogens is 1. The Morgan fingerprint density at radius 3 is 2.58 bits per heavy atom. The molecule has 1 amide bonds. The number of hydrogen-bond acceptors (Lipinski definition) is 7. The SMILES string of the molecule is O=C(Nc1cc2oc(N3CCOCC3)nc2cc1N1CCCCC1)c1cccc(Br)n1. The van der Waals surface area contributed by atoms with E-state index >= 15 is 0 Å². The fourth-order valence-corrected chi connectivity index (χ4v) is 4.40. The average Bonchev–Trinajstić information content (AvgIpc) is 3.23. The number of hydrogen-bond donors (Lipinski definition) is 1. The molecule has 2 aromatic heterocycles. The highest BCUT2D eigenvalue weighted by Crippen LogP contribution is 2.35. The van der Waals surface area contributed by atoms with Gasteiger partial charge in [0.2, 0.25) is 0 Å². The maximum Gasteiger partial charge on any atom is 0.298 e. The number of pyridine rings is 1. The standard InChI is InChI=1S/C22H24BrN5O3/c23-20-6-4-5-15(24-20)21(29)25-16-14-19-17(13-18(16)27-7-2-1-3-8-27)26-22(31-19)28-9-11-30-12-10-28/h4-6,13-14H,1-3,7-12H2,(H,25,29). The highest BCUT2D eigenvalue weighted by atomic mass is 79.9. The molecule has 0 bridgehead atoms. The number of nitrogens with zero attached hydrogens (tertiary/aromatic N) is 4. The van der Waals surface area contributed by atoms with Gasteiger partial charge in [-0.05, 0) is 53.4 Å². The van der Waals surface area contributed by atoms with Gasteiger partial charge in [-0.2, -0.15) is 4.98 Å². The number of nitrogens with one attached hydrogen (secondary N) is 1. The van der Waals surface area contributed by atoms with Gasteiger partial charge in [0.1, 0.15) is 15.8 Å². The summed E-state index contributed by atoms with van der Waals surface area (Å²) < 4.78 is 12.1. The lowest BCUT2D eigenvalue weighted by Crippen LogP contribution is -2.36. The first-order valence-corrected chi connectivity index (χ1v) is 11.4. The van der Waals surface area contributed by atoms with Gasteiger partial charge in [0.05, 0.1) is 24.6 Å². The van der Waals surface area contributed by atoms with Crippen LogP contribution in [-0.2, 0) is 4.74 Å². The van der Waals surface area contributed by atoms with Gasteiger partial charge in [0.25, 0.3) is 11.9 Å². The van der Waals surface area contributed by atoms with Crippen molar-refractivity contribution < 1.29 is 13.9 Å². The Bertz CT molecular complexity index is 1090. The summed E-state index contributed by atoms with van der Waals surface area (Å²) in [7, 11) is 0. The van der Waals surface area contributed by atoms with Crippen molar-refractivity contribution in [3.05, 3.63) is 40.6 Å². The highest BCUT2D eigenvalue weighted by Gasteiger charge is 2.22. The van der Waals surface area contributed by atoms with Gasteiger partial charge in [-0.25, -0.2) is 4.98 Å². The molecule has 9 heteroatoms. The average molecular weight is 486 g/mol. The molecule has 0 saturated carbocycles. The van der Waals surface area contributed by atoms with Gasteiger partial charge in [0, 0.05) is 32.2 Å². The molecule has 2 aliphatic rings. The van der Waals surface area contributed by atoms with Crippen molar-refractivity contribution in [2.75, 3.05) is 54.5 Å². The number of rotatable bonds is 4. The fraction of sp³-hybridized carbons (Fsp3) is 0.409.